The van der Waals surface area contributed by atoms with Gasteiger partial charge in [-0.25, -0.2) is 4.79 Å². The van der Waals surface area contributed by atoms with Crippen LogP contribution in [0.5, 0.6) is 5.75 Å². The zero-order chi connectivity index (χ0) is 26.0. The Hall–Kier alpha value is -2.55. The van der Waals surface area contributed by atoms with Crippen molar-refractivity contribution in [3.63, 3.8) is 0 Å². The van der Waals surface area contributed by atoms with Gasteiger partial charge >= 0.3 is 5.97 Å². The molecule has 0 spiro atoms. The molecule has 0 amide bonds. The van der Waals surface area contributed by atoms with Gasteiger partial charge in [0.2, 0.25) is 0 Å². The minimum Gasteiger partial charge on any atom is -0.507 e. The van der Waals surface area contributed by atoms with Gasteiger partial charge in [0.15, 0.2) is 11.6 Å². The van der Waals surface area contributed by atoms with Crippen molar-refractivity contribution in [2.24, 2.45) is 28.6 Å². The minimum absolute atomic E-state index is 0.0113. The van der Waals surface area contributed by atoms with Gasteiger partial charge in [0, 0.05) is 23.2 Å². The van der Waals surface area contributed by atoms with Gasteiger partial charge in [0.05, 0.1) is 6.10 Å². The van der Waals surface area contributed by atoms with E-state index < -0.39 is 47.0 Å². The third kappa shape index (κ3) is 3.34. The second kappa shape index (κ2) is 8.50. The molecule has 8 nitrogen and oxygen atoms in total. The molecule has 1 aromatic carbocycles. The number of ketones is 2. The number of para-hydroxylation sites is 1. The Labute approximate surface area is 210 Å². The molecule has 0 bridgehead atoms. The van der Waals surface area contributed by atoms with Crippen molar-refractivity contribution >= 4 is 17.5 Å². The number of phenols is 1. The van der Waals surface area contributed by atoms with Crippen LogP contribution in [0.15, 0.2) is 35.9 Å². The number of carbonyl (C=O) groups excluding carboxylic acids is 3. The molecular weight excluding hydrogens is 464 g/mol. The molecule has 8 heteroatoms. The molecular formula is C28H34O8. The van der Waals surface area contributed by atoms with Crippen LogP contribution in [0.25, 0.3) is 0 Å². The Kier molecular flexibility index (Phi) is 5.93. The minimum atomic E-state index is -1.70. The van der Waals surface area contributed by atoms with Crippen LogP contribution in [0.2, 0.25) is 0 Å². The zero-order valence-electron chi connectivity index (χ0n) is 20.6. The maximum absolute atomic E-state index is 13.1. The van der Waals surface area contributed by atoms with E-state index >= 15 is 0 Å². The molecule has 0 radical (unpaired) electrons. The summed E-state index contributed by atoms with van der Waals surface area (Å²) in [5, 5.41) is 42.7. The topological polar surface area (TPSA) is 141 Å². The van der Waals surface area contributed by atoms with Crippen LogP contribution in [0.1, 0.15) is 62.7 Å². The fraction of sp³-hybridized carbons (Fsp3) is 0.607. The molecule has 0 heterocycles. The molecule has 4 aliphatic carbocycles. The van der Waals surface area contributed by atoms with Crippen molar-refractivity contribution in [3.8, 4) is 5.75 Å². The Balaban J connectivity index is 1.52. The van der Waals surface area contributed by atoms with Gasteiger partial charge in [-0.15, -0.1) is 0 Å². The SMILES string of the molecule is C[C@]12C[C@H](O)[C@H]3[C@@H](CCC4=CC(=O)CC(OC(=O)c5ccccc5O)[C@@]43C)[C@@H]1CC[C@]2(O)C(=O)CO. The summed E-state index contributed by atoms with van der Waals surface area (Å²) in [7, 11) is 0. The lowest BCUT2D eigenvalue weighted by atomic mass is 9.44. The average molecular weight is 499 g/mol. The van der Waals surface area contributed by atoms with Crippen LogP contribution in [-0.4, -0.2) is 62.4 Å². The highest BCUT2D eigenvalue weighted by Crippen LogP contribution is 2.67. The lowest BCUT2D eigenvalue weighted by molar-refractivity contribution is -0.191. The molecule has 0 aromatic heterocycles. The molecule has 5 rings (SSSR count). The number of hydrogen-bond acceptors (Lipinski definition) is 8. The standard InChI is InChI=1S/C28H34O8/c1-26-13-21(32)24-17(19(26)9-10-28(26,35)22(33)14-29)8-7-15-11-16(30)12-23(27(15,24)2)36-25(34)18-5-3-4-6-20(18)31/h3-6,11,17,19,21,23-24,29,31-32,35H,7-10,12-14H2,1-2H3/t17-,19-,21-,23?,24+,26-,27+,28-/m0/s1. The number of hydrogen-bond donors (Lipinski definition) is 4. The quantitative estimate of drug-likeness (QED) is 0.464. The highest BCUT2D eigenvalue weighted by atomic mass is 16.5. The molecule has 4 aliphatic rings. The summed E-state index contributed by atoms with van der Waals surface area (Å²) in [6.45, 7) is 3.03. The lowest BCUT2D eigenvalue weighted by Gasteiger charge is -2.61. The van der Waals surface area contributed by atoms with Crippen LogP contribution in [-0.2, 0) is 14.3 Å². The van der Waals surface area contributed by atoms with Gasteiger partial charge in [-0.1, -0.05) is 31.6 Å². The van der Waals surface area contributed by atoms with Gasteiger partial charge < -0.3 is 25.2 Å². The van der Waals surface area contributed by atoms with E-state index in [2.05, 4.69) is 0 Å². The molecule has 3 saturated carbocycles. The lowest BCUT2D eigenvalue weighted by Crippen LogP contribution is -2.64. The molecule has 0 aliphatic heterocycles. The second-order valence-electron chi connectivity index (χ2n) is 11.5. The summed E-state index contributed by atoms with van der Waals surface area (Å²) in [6.07, 6.45) is 2.10. The second-order valence-corrected chi connectivity index (χ2v) is 11.5. The van der Waals surface area contributed by atoms with Crippen LogP contribution in [0.4, 0.5) is 0 Å². The first-order valence-corrected chi connectivity index (χ1v) is 12.7. The van der Waals surface area contributed by atoms with E-state index in [1.165, 1.54) is 12.1 Å². The number of rotatable bonds is 4. The Morgan fingerprint density at radius 1 is 1.17 bits per heavy atom. The number of carbonyl (C=O) groups is 3. The van der Waals surface area contributed by atoms with E-state index in [-0.39, 0.29) is 54.1 Å². The Bertz CT molecular complexity index is 1140. The predicted molar refractivity (Wildman–Crippen MR) is 128 cm³/mol. The van der Waals surface area contributed by atoms with E-state index in [1.54, 1.807) is 18.2 Å². The molecule has 8 atom stereocenters. The number of Topliss-reactive ketones (excluding diaryl/α,β-unsaturated/α-hetero) is 1. The summed E-state index contributed by atoms with van der Waals surface area (Å²) in [6, 6.07) is 6.08. The summed E-state index contributed by atoms with van der Waals surface area (Å²) in [4.78, 5) is 38.3. The van der Waals surface area contributed by atoms with Gasteiger partial charge in [0.25, 0.3) is 0 Å². The van der Waals surface area contributed by atoms with Crippen molar-refractivity contribution in [2.75, 3.05) is 6.61 Å². The molecule has 4 N–H and O–H groups in total. The fourth-order valence-corrected chi connectivity index (χ4v) is 8.30. The van der Waals surface area contributed by atoms with E-state index in [1.807, 2.05) is 13.8 Å². The number of benzene rings is 1. The normalized spacial score (nSPS) is 41.5. The number of aliphatic hydroxyl groups excluding tert-OH is 2. The van der Waals surface area contributed by atoms with Crippen LogP contribution in [0, 0.1) is 28.6 Å². The van der Waals surface area contributed by atoms with E-state index in [4.69, 9.17) is 4.74 Å². The average Bonchev–Trinajstić information content (AvgIpc) is 3.10. The Morgan fingerprint density at radius 2 is 1.89 bits per heavy atom. The maximum Gasteiger partial charge on any atom is 0.342 e. The van der Waals surface area contributed by atoms with Crippen molar-refractivity contribution in [1.82, 2.24) is 0 Å². The van der Waals surface area contributed by atoms with Crippen molar-refractivity contribution in [2.45, 2.75) is 70.2 Å². The molecule has 1 aromatic rings. The third-order valence-corrected chi connectivity index (χ3v) is 10.1. The van der Waals surface area contributed by atoms with Crippen molar-refractivity contribution in [1.29, 1.82) is 0 Å². The number of phenolic OH excluding ortho intramolecular Hbond substituents is 1. The van der Waals surface area contributed by atoms with Gasteiger partial charge in [-0.3, -0.25) is 9.59 Å². The third-order valence-electron chi connectivity index (χ3n) is 10.1. The Morgan fingerprint density at radius 3 is 2.58 bits per heavy atom. The van der Waals surface area contributed by atoms with E-state index in [0.717, 1.165) is 5.57 Å². The summed E-state index contributed by atoms with van der Waals surface area (Å²) in [5.74, 6) is -2.18. The van der Waals surface area contributed by atoms with Crippen molar-refractivity contribution < 1.29 is 39.5 Å². The molecule has 1 unspecified atom stereocenters. The highest BCUT2D eigenvalue weighted by molar-refractivity contribution is 5.95. The molecule has 194 valence electrons. The highest BCUT2D eigenvalue weighted by Gasteiger charge is 2.69. The summed E-state index contributed by atoms with van der Waals surface area (Å²) < 4.78 is 5.92. The first-order valence-electron chi connectivity index (χ1n) is 12.7. The molecule has 0 saturated heterocycles. The summed E-state index contributed by atoms with van der Waals surface area (Å²) in [5.41, 5.74) is -2.56. The number of esters is 1. The monoisotopic (exact) mass is 498 g/mol. The zero-order valence-corrected chi connectivity index (χ0v) is 20.6. The van der Waals surface area contributed by atoms with Gasteiger partial charge in [-0.05, 0) is 62.1 Å². The van der Waals surface area contributed by atoms with Crippen molar-refractivity contribution in [3.05, 3.63) is 41.5 Å². The van der Waals surface area contributed by atoms with Crippen LogP contribution < -0.4 is 0 Å². The molecule has 3 fully saturated rings. The van der Waals surface area contributed by atoms with E-state index in [0.29, 0.717) is 19.3 Å². The number of aliphatic hydroxyl groups is 3. The van der Waals surface area contributed by atoms with Crippen LogP contribution >= 0.6 is 0 Å². The maximum atomic E-state index is 13.1. The number of aromatic hydroxyl groups is 1. The number of fused-ring (bicyclic) bond motifs is 5. The largest absolute Gasteiger partial charge is 0.507 e. The van der Waals surface area contributed by atoms with Crippen LogP contribution in [0.3, 0.4) is 0 Å². The smallest absolute Gasteiger partial charge is 0.342 e. The fourth-order valence-electron chi connectivity index (χ4n) is 8.30. The first-order chi connectivity index (χ1) is 17.0. The predicted octanol–water partition coefficient (Wildman–Crippen LogP) is 2.32. The molecule has 36 heavy (non-hydrogen) atoms. The number of ether oxygens (including phenoxy) is 1. The van der Waals surface area contributed by atoms with Gasteiger partial charge in [0.1, 0.15) is 29.6 Å². The summed E-state index contributed by atoms with van der Waals surface area (Å²) >= 11 is 0. The van der Waals surface area contributed by atoms with Gasteiger partial charge in [-0.2, -0.15) is 0 Å². The first kappa shape index (κ1) is 25.1. The van der Waals surface area contributed by atoms with E-state index in [9.17, 15) is 34.8 Å².